The smallest absolute Gasteiger partial charge is 0.253 e. The van der Waals surface area contributed by atoms with Gasteiger partial charge in [-0.3, -0.25) is 9.59 Å². The van der Waals surface area contributed by atoms with Crippen LogP contribution < -0.4 is 15.9 Å². The van der Waals surface area contributed by atoms with Gasteiger partial charge in [0.2, 0.25) is 0 Å². The van der Waals surface area contributed by atoms with E-state index in [1.54, 1.807) is 24.3 Å². The standard InChI is InChI=1S/C20H19ClN2O2/c1-12-6-7-13(2)18-17(12)11-15(20(25)23-18)8-9-22-19(24)14-4-3-5-16(21)10-14/h3-7,10-11,15H,8-9H2,1-2H3,(H,22,24). The van der Waals surface area contributed by atoms with Crippen molar-refractivity contribution in [1.29, 1.82) is 0 Å². The van der Waals surface area contributed by atoms with Gasteiger partial charge in [-0.05, 0) is 49.6 Å². The van der Waals surface area contributed by atoms with Gasteiger partial charge in [-0.2, -0.15) is 0 Å². The molecular formula is C20H19ClN2O2. The van der Waals surface area contributed by atoms with E-state index >= 15 is 0 Å². The summed E-state index contributed by atoms with van der Waals surface area (Å²) in [5, 5.41) is 5.14. The van der Waals surface area contributed by atoms with Crippen LogP contribution in [0.25, 0.3) is 6.08 Å². The minimum Gasteiger partial charge on any atom is -0.352 e. The number of fused-ring (bicyclic) bond motifs is 1. The first-order valence-corrected chi connectivity index (χ1v) is 8.58. The molecule has 128 valence electrons. The second-order valence-corrected chi connectivity index (χ2v) is 6.68. The first-order valence-electron chi connectivity index (χ1n) is 8.20. The van der Waals surface area contributed by atoms with Crippen LogP contribution in [0.1, 0.15) is 27.9 Å². The molecule has 0 bridgehead atoms. The third-order valence-corrected chi connectivity index (χ3v) is 4.61. The number of nitrogens with zero attached hydrogens (tertiary/aromatic N) is 1. The largest absolute Gasteiger partial charge is 0.352 e. The number of carbonyl (C=O) groups excluding carboxylic acids is 2. The lowest BCUT2D eigenvalue weighted by molar-refractivity contribution is -0.120. The Morgan fingerprint density at radius 1 is 1.20 bits per heavy atom. The average molecular weight is 355 g/mol. The van der Waals surface area contributed by atoms with Crippen LogP contribution in [0.15, 0.2) is 41.4 Å². The van der Waals surface area contributed by atoms with Gasteiger partial charge in [0.1, 0.15) is 0 Å². The fourth-order valence-electron chi connectivity index (χ4n) is 2.92. The summed E-state index contributed by atoms with van der Waals surface area (Å²) >= 11 is 5.90. The molecule has 2 amide bonds. The van der Waals surface area contributed by atoms with Gasteiger partial charge in [-0.1, -0.05) is 35.9 Å². The van der Waals surface area contributed by atoms with Gasteiger partial charge < -0.3 is 5.32 Å². The molecule has 2 aromatic rings. The minimum atomic E-state index is -0.312. The molecule has 5 heteroatoms. The molecule has 1 N–H and O–H groups in total. The Labute approximate surface area is 151 Å². The lowest BCUT2D eigenvalue weighted by Crippen LogP contribution is -2.38. The van der Waals surface area contributed by atoms with Crippen molar-refractivity contribution in [3.8, 4) is 0 Å². The monoisotopic (exact) mass is 354 g/mol. The molecule has 0 aliphatic carbocycles. The molecule has 1 unspecified atom stereocenters. The number of aryl methyl sites for hydroxylation is 2. The third kappa shape index (κ3) is 3.80. The summed E-state index contributed by atoms with van der Waals surface area (Å²) in [5.41, 5.74) is 2.61. The van der Waals surface area contributed by atoms with E-state index in [-0.39, 0.29) is 17.7 Å². The Morgan fingerprint density at radius 2 is 1.96 bits per heavy atom. The van der Waals surface area contributed by atoms with Crippen LogP contribution in [0.2, 0.25) is 5.02 Å². The summed E-state index contributed by atoms with van der Waals surface area (Å²) in [6.07, 6.45) is 2.49. The summed E-state index contributed by atoms with van der Waals surface area (Å²) in [7, 11) is 0. The van der Waals surface area contributed by atoms with E-state index in [0.29, 0.717) is 23.6 Å². The van der Waals surface area contributed by atoms with E-state index in [4.69, 9.17) is 11.6 Å². The maximum absolute atomic E-state index is 12.3. The van der Waals surface area contributed by atoms with Crippen LogP contribution in [0.5, 0.6) is 0 Å². The lowest BCUT2D eigenvalue weighted by Gasteiger charge is -2.14. The maximum atomic E-state index is 12.3. The Kier molecular flexibility index (Phi) is 5.00. The van der Waals surface area contributed by atoms with Gasteiger partial charge in [0.05, 0.1) is 11.3 Å². The fraction of sp³-hybridized carbons (Fsp3) is 0.250. The molecule has 0 fully saturated rings. The minimum absolute atomic E-state index is 0.154. The number of amides is 2. The van der Waals surface area contributed by atoms with Crippen molar-refractivity contribution < 1.29 is 9.59 Å². The number of hydrogen-bond donors (Lipinski definition) is 1. The summed E-state index contributed by atoms with van der Waals surface area (Å²) < 4.78 is 0. The van der Waals surface area contributed by atoms with E-state index in [1.807, 2.05) is 32.1 Å². The SMILES string of the molecule is Cc1ccc(C)c2c1=CC(CCNC(=O)c1cccc(Cl)c1)C(=O)N=2. The van der Waals surface area contributed by atoms with Crippen molar-refractivity contribution in [2.75, 3.05) is 6.54 Å². The third-order valence-electron chi connectivity index (χ3n) is 4.37. The highest BCUT2D eigenvalue weighted by molar-refractivity contribution is 6.30. The number of rotatable bonds is 4. The predicted molar refractivity (Wildman–Crippen MR) is 98.1 cm³/mol. The van der Waals surface area contributed by atoms with Gasteiger partial charge in [-0.25, -0.2) is 4.99 Å². The second kappa shape index (κ2) is 7.19. The quantitative estimate of drug-likeness (QED) is 0.916. The van der Waals surface area contributed by atoms with Crippen LogP contribution in [0, 0.1) is 19.8 Å². The molecule has 0 saturated carbocycles. The maximum Gasteiger partial charge on any atom is 0.253 e. The van der Waals surface area contributed by atoms with Crippen molar-refractivity contribution in [3.63, 3.8) is 0 Å². The molecule has 0 radical (unpaired) electrons. The Balaban J connectivity index is 1.70. The van der Waals surface area contributed by atoms with E-state index in [2.05, 4.69) is 10.3 Å². The zero-order valence-corrected chi connectivity index (χ0v) is 14.9. The zero-order chi connectivity index (χ0) is 18.0. The molecule has 0 saturated heterocycles. The lowest BCUT2D eigenvalue weighted by atomic mass is 9.97. The molecular weight excluding hydrogens is 336 g/mol. The van der Waals surface area contributed by atoms with Crippen LogP contribution in [-0.4, -0.2) is 18.4 Å². The molecule has 1 aliphatic rings. The van der Waals surface area contributed by atoms with E-state index in [1.165, 1.54) is 0 Å². The molecule has 1 aliphatic heterocycles. The summed E-state index contributed by atoms with van der Waals surface area (Å²) in [4.78, 5) is 28.7. The molecule has 0 spiro atoms. The zero-order valence-electron chi connectivity index (χ0n) is 14.2. The van der Waals surface area contributed by atoms with E-state index in [9.17, 15) is 9.59 Å². The number of nitrogens with one attached hydrogen (secondary N) is 1. The number of carbonyl (C=O) groups is 2. The van der Waals surface area contributed by atoms with Crippen LogP contribution in [-0.2, 0) is 4.79 Å². The van der Waals surface area contributed by atoms with Crippen LogP contribution >= 0.6 is 11.6 Å². The molecule has 1 heterocycles. The highest BCUT2D eigenvalue weighted by atomic mass is 35.5. The van der Waals surface area contributed by atoms with Crippen LogP contribution in [0.3, 0.4) is 0 Å². The highest BCUT2D eigenvalue weighted by Crippen LogP contribution is 2.12. The van der Waals surface area contributed by atoms with Gasteiger partial charge in [0.25, 0.3) is 11.8 Å². The average Bonchev–Trinajstić information content (AvgIpc) is 2.59. The number of hydrogen-bond acceptors (Lipinski definition) is 2. The molecule has 2 aromatic carbocycles. The summed E-state index contributed by atoms with van der Waals surface area (Å²) in [5.74, 6) is -0.666. The Morgan fingerprint density at radius 3 is 2.72 bits per heavy atom. The van der Waals surface area contributed by atoms with Crippen molar-refractivity contribution >= 4 is 29.5 Å². The van der Waals surface area contributed by atoms with Crippen molar-refractivity contribution in [1.82, 2.24) is 5.32 Å². The van der Waals surface area contributed by atoms with Gasteiger partial charge in [-0.15, -0.1) is 0 Å². The van der Waals surface area contributed by atoms with E-state index < -0.39 is 0 Å². The first kappa shape index (κ1) is 17.4. The van der Waals surface area contributed by atoms with Gasteiger partial charge in [0, 0.05) is 22.3 Å². The second-order valence-electron chi connectivity index (χ2n) is 6.24. The number of benzene rings is 2. The normalized spacial score (nSPS) is 15.8. The van der Waals surface area contributed by atoms with Crippen molar-refractivity contribution in [2.45, 2.75) is 20.3 Å². The molecule has 3 rings (SSSR count). The Bertz CT molecular complexity index is 966. The highest BCUT2D eigenvalue weighted by Gasteiger charge is 2.19. The van der Waals surface area contributed by atoms with Crippen LogP contribution in [0.4, 0.5) is 0 Å². The topological polar surface area (TPSA) is 58.5 Å². The molecule has 25 heavy (non-hydrogen) atoms. The predicted octanol–water partition coefficient (Wildman–Crippen LogP) is 2.33. The fourth-order valence-corrected chi connectivity index (χ4v) is 3.11. The first-order chi connectivity index (χ1) is 12.0. The summed E-state index contributed by atoms with van der Waals surface area (Å²) in [6, 6.07) is 10.8. The van der Waals surface area contributed by atoms with Crippen molar-refractivity contribution in [3.05, 3.63) is 68.7 Å². The van der Waals surface area contributed by atoms with Gasteiger partial charge in [0.15, 0.2) is 0 Å². The van der Waals surface area contributed by atoms with E-state index in [0.717, 1.165) is 21.7 Å². The molecule has 4 nitrogen and oxygen atoms in total. The Hall–Kier alpha value is -2.46. The van der Waals surface area contributed by atoms with Crippen molar-refractivity contribution in [2.24, 2.45) is 10.9 Å². The van der Waals surface area contributed by atoms with Gasteiger partial charge >= 0.3 is 0 Å². The summed E-state index contributed by atoms with van der Waals surface area (Å²) in [6.45, 7) is 4.36. The number of halogens is 1. The molecule has 0 aromatic heterocycles. The molecule has 1 atom stereocenters.